The lowest BCUT2D eigenvalue weighted by atomic mass is 9.90. The largest absolute Gasteiger partial charge is 0.500 e. The van der Waals surface area contributed by atoms with E-state index in [-0.39, 0.29) is 12.0 Å². The van der Waals surface area contributed by atoms with E-state index in [0.29, 0.717) is 46.4 Å². The van der Waals surface area contributed by atoms with Crippen molar-refractivity contribution in [3.63, 3.8) is 0 Å². The molecular formula is C43H66N6O5Si2. The van der Waals surface area contributed by atoms with E-state index in [1.165, 1.54) is 0 Å². The fraction of sp³-hybridized carbons (Fsp3) is 0.558. The van der Waals surface area contributed by atoms with E-state index in [1.54, 1.807) is 6.26 Å². The summed E-state index contributed by atoms with van der Waals surface area (Å²) in [5, 5.41) is 5.10. The Hall–Kier alpha value is -3.76. The molecule has 0 spiro atoms. The average molecular weight is 803 g/mol. The molecule has 1 amide bonds. The van der Waals surface area contributed by atoms with Gasteiger partial charge in [0.2, 0.25) is 0 Å². The third kappa shape index (κ3) is 12.4. The Morgan fingerprint density at radius 1 is 0.893 bits per heavy atom. The van der Waals surface area contributed by atoms with E-state index in [9.17, 15) is 4.79 Å². The number of amides is 1. The summed E-state index contributed by atoms with van der Waals surface area (Å²) in [5.41, 5.74) is 5.56. The van der Waals surface area contributed by atoms with Crippen molar-refractivity contribution in [1.29, 1.82) is 0 Å². The van der Waals surface area contributed by atoms with E-state index in [4.69, 9.17) is 29.0 Å². The summed E-state index contributed by atoms with van der Waals surface area (Å²) in [6.45, 7) is 25.8. The van der Waals surface area contributed by atoms with Crippen LogP contribution in [0.2, 0.25) is 51.4 Å². The molecule has 56 heavy (non-hydrogen) atoms. The Morgan fingerprint density at radius 2 is 1.54 bits per heavy atom. The van der Waals surface area contributed by atoms with Crippen LogP contribution in [0.3, 0.4) is 0 Å². The van der Waals surface area contributed by atoms with Crippen LogP contribution < -0.4 is 0 Å². The van der Waals surface area contributed by atoms with Gasteiger partial charge in [-0.3, -0.25) is 4.98 Å². The molecule has 11 nitrogen and oxygen atoms in total. The van der Waals surface area contributed by atoms with Crippen molar-refractivity contribution in [2.75, 3.05) is 46.4 Å². The van der Waals surface area contributed by atoms with Crippen LogP contribution in [0.5, 0.6) is 0 Å². The highest BCUT2D eigenvalue weighted by Gasteiger charge is 2.39. The van der Waals surface area contributed by atoms with Gasteiger partial charge in [0.25, 0.3) is 0 Å². The topological polar surface area (TPSA) is 94.4 Å². The zero-order chi connectivity index (χ0) is 40.5. The van der Waals surface area contributed by atoms with Crippen LogP contribution in [-0.4, -0.2) is 104 Å². The van der Waals surface area contributed by atoms with Crippen LogP contribution in [0.15, 0.2) is 73.0 Å². The molecule has 0 bridgehead atoms. The minimum atomic E-state index is -1.31. The maximum absolute atomic E-state index is 13.1. The second-order valence-corrected chi connectivity index (χ2v) is 29.5. The molecule has 0 radical (unpaired) electrons. The molecule has 0 aliphatic carbocycles. The van der Waals surface area contributed by atoms with Crippen molar-refractivity contribution in [2.45, 2.75) is 104 Å². The first-order valence-electron chi connectivity index (χ1n) is 20.3. The molecule has 1 fully saturated rings. The molecule has 13 heteroatoms. The van der Waals surface area contributed by atoms with Gasteiger partial charge in [0.05, 0.1) is 30.5 Å². The second-order valence-electron chi connectivity index (χ2n) is 18.3. The Kier molecular flexibility index (Phi) is 14.8. The molecule has 1 atom stereocenters. The molecule has 4 heterocycles. The highest BCUT2D eigenvalue weighted by Crippen LogP contribution is 2.41. The number of piperidine rings is 1. The number of pyridine rings is 1. The number of carbonyl (C=O) groups excluding carboxylic acids is 1. The first kappa shape index (κ1) is 43.4. The second kappa shape index (κ2) is 19.1. The molecule has 1 aromatic carbocycles. The number of ether oxygens (including phenoxy) is 4. The molecule has 1 unspecified atom stereocenters. The van der Waals surface area contributed by atoms with Gasteiger partial charge >= 0.3 is 6.09 Å². The molecule has 306 valence electrons. The van der Waals surface area contributed by atoms with Crippen LogP contribution in [0.25, 0.3) is 28.5 Å². The summed E-state index contributed by atoms with van der Waals surface area (Å²) >= 11 is 0. The summed E-state index contributed by atoms with van der Waals surface area (Å²) in [5.74, 6) is 0.153. The minimum Gasteiger partial charge on any atom is -0.500 e. The van der Waals surface area contributed by atoms with Gasteiger partial charge in [-0.2, -0.15) is 5.10 Å². The molecule has 5 rings (SSSR count). The standard InChI is InChI=1S/C43H66N6O5Si2/c1-11-51-24-23-48-39(35-19-21-46(22-20-35)42(50)54-43(2,3)4)29-40-37(36-17-18-38(44-30-36)34-15-13-12-14-16-34)31-45-49(40)41(48)47(32-52-25-27-55(5,6)7)33-53-26-28-56(8,9)10/h12-18,23-24,29-31,35,41H,11,19-22,25-28,32-33H2,1-10H3. The number of nitrogens with zero attached hydrogens (tertiary/aromatic N) is 6. The molecule has 2 aliphatic heterocycles. The third-order valence-electron chi connectivity index (χ3n) is 9.91. The lowest BCUT2D eigenvalue weighted by molar-refractivity contribution is -0.118. The quantitative estimate of drug-likeness (QED) is 0.0572. The Bertz CT molecular complexity index is 1730. The van der Waals surface area contributed by atoms with Gasteiger partial charge in [0.15, 0.2) is 6.29 Å². The number of hydrogen-bond acceptors (Lipinski definition) is 9. The van der Waals surface area contributed by atoms with E-state index in [2.05, 4.69) is 84.1 Å². The number of likely N-dealkylation sites (tertiary alicyclic amines) is 1. The summed E-state index contributed by atoms with van der Waals surface area (Å²) in [4.78, 5) is 24.3. The van der Waals surface area contributed by atoms with Crippen LogP contribution >= 0.6 is 0 Å². The molecule has 0 N–H and O–H groups in total. The van der Waals surface area contributed by atoms with Gasteiger partial charge in [0.1, 0.15) is 19.1 Å². The van der Waals surface area contributed by atoms with E-state index in [0.717, 1.165) is 58.7 Å². The lowest BCUT2D eigenvalue weighted by Crippen LogP contribution is -2.49. The predicted molar refractivity (Wildman–Crippen MR) is 231 cm³/mol. The summed E-state index contributed by atoms with van der Waals surface area (Å²) in [6.07, 6.45) is 10.9. The Morgan fingerprint density at radius 3 is 2.09 bits per heavy atom. The summed E-state index contributed by atoms with van der Waals surface area (Å²) in [6, 6.07) is 16.6. The first-order valence-corrected chi connectivity index (χ1v) is 27.7. The number of rotatable bonds is 17. The van der Waals surface area contributed by atoms with Gasteiger partial charge in [-0.25, -0.2) is 14.4 Å². The van der Waals surface area contributed by atoms with Crippen LogP contribution in [0.4, 0.5) is 4.79 Å². The number of benzene rings is 1. The van der Waals surface area contributed by atoms with E-state index in [1.807, 2.05) is 69.4 Å². The van der Waals surface area contributed by atoms with Gasteiger partial charge in [-0.05, 0) is 64.8 Å². The van der Waals surface area contributed by atoms with Crippen molar-refractivity contribution < 1.29 is 23.7 Å². The van der Waals surface area contributed by atoms with Crippen molar-refractivity contribution in [3.8, 4) is 22.4 Å². The van der Waals surface area contributed by atoms with Crippen molar-refractivity contribution in [1.82, 2.24) is 29.5 Å². The smallest absolute Gasteiger partial charge is 0.410 e. The van der Waals surface area contributed by atoms with Gasteiger partial charge < -0.3 is 28.7 Å². The number of carbonyl (C=O) groups is 1. The lowest BCUT2D eigenvalue weighted by Gasteiger charge is -2.45. The van der Waals surface area contributed by atoms with E-state index >= 15 is 0 Å². The van der Waals surface area contributed by atoms with Crippen LogP contribution in [-0.2, 0) is 18.9 Å². The normalized spacial score (nSPS) is 17.1. The molecule has 2 aliphatic rings. The molecular weight excluding hydrogens is 737 g/mol. The zero-order valence-electron chi connectivity index (χ0n) is 35.6. The van der Waals surface area contributed by atoms with E-state index < -0.39 is 28.0 Å². The minimum absolute atomic E-state index is 0.153. The maximum atomic E-state index is 13.1. The Labute approximate surface area is 337 Å². The van der Waals surface area contributed by atoms with Crippen molar-refractivity contribution in [2.24, 2.45) is 5.92 Å². The summed E-state index contributed by atoms with van der Waals surface area (Å²) in [7, 11) is -2.63. The molecule has 1 saturated heterocycles. The number of hydrogen-bond donors (Lipinski definition) is 0. The zero-order valence-corrected chi connectivity index (χ0v) is 37.6. The number of aromatic nitrogens is 3. The SMILES string of the molecule is CCOC=CN1C(C2CCN(C(=O)OC(C)(C)C)CC2)=Cc2c(-c3ccc(-c4ccccc4)nc3)cnn2C1N(COCC[Si](C)(C)C)COCC[Si](C)(C)C. The highest BCUT2D eigenvalue weighted by atomic mass is 28.3. The predicted octanol–water partition coefficient (Wildman–Crippen LogP) is 9.81. The van der Waals surface area contributed by atoms with Crippen LogP contribution in [0, 0.1) is 5.92 Å². The fourth-order valence-electron chi connectivity index (χ4n) is 6.72. The van der Waals surface area contributed by atoms with Gasteiger partial charge in [-0.15, -0.1) is 0 Å². The number of fused-ring (bicyclic) bond motifs is 1. The highest BCUT2D eigenvalue weighted by molar-refractivity contribution is 6.76. The Balaban J connectivity index is 1.55. The first-order chi connectivity index (χ1) is 26.5. The van der Waals surface area contributed by atoms with Gasteiger partial charge in [-0.1, -0.05) is 75.7 Å². The number of allylic oxidation sites excluding steroid dienone is 1. The molecule has 3 aromatic rings. The van der Waals surface area contributed by atoms with Crippen molar-refractivity contribution in [3.05, 3.63) is 78.7 Å². The molecule has 2 aromatic heterocycles. The maximum Gasteiger partial charge on any atom is 0.410 e. The third-order valence-corrected chi connectivity index (χ3v) is 13.3. The van der Waals surface area contributed by atoms with Gasteiger partial charge in [0, 0.05) is 83.2 Å². The van der Waals surface area contributed by atoms with Crippen LogP contribution in [0.1, 0.15) is 52.5 Å². The average Bonchev–Trinajstić information content (AvgIpc) is 3.57. The van der Waals surface area contributed by atoms with Crippen molar-refractivity contribution >= 4 is 28.3 Å². The molecule has 0 saturated carbocycles. The fourth-order valence-corrected chi connectivity index (χ4v) is 8.24. The summed E-state index contributed by atoms with van der Waals surface area (Å²) < 4.78 is 26.7. The monoisotopic (exact) mass is 802 g/mol.